The average Bonchev–Trinajstić information content (AvgIpc) is 3.36. The van der Waals surface area contributed by atoms with Gasteiger partial charge in [-0.2, -0.15) is 0 Å². The van der Waals surface area contributed by atoms with Crippen molar-refractivity contribution in [1.82, 2.24) is 0 Å². The van der Waals surface area contributed by atoms with Crippen LogP contribution in [0.15, 0.2) is 47.6 Å². The van der Waals surface area contributed by atoms with Gasteiger partial charge in [0.25, 0.3) is 0 Å². The van der Waals surface area contributed by atoms with Crippen molar-refractivity contribution in [3.8, 4) is 0 Å². The van der Waals surface area contributed by atoms with E-state index in [1.54, 1.807) is 31.2 Å². The monoisotopic (exact) mass is 540 g/mol. The van der Waals surface area contributed by atoms with E-state index in [2.05, 4.69) is 20.8 Å². The largest absolute Gasteiger partial charge is 0.461 e. The summed E-state index contributed by atoms with van der Waals surface area (Å²) in [5.41, 5.74) is -2.87. The molecule has 2 saturated carbocycles. The number of ketones is 1. The summed E-state index contributed by atoms with van der Waals surface area (Å²) in [6.45, 7) is 11.1. The van der Waals surface area contributed by atoms with Crippen molar-refractivity contribution in [2.45, 2.75) is 91.5 Å². The Morgan fingerprint density at radius 2 is 1.92 bits per heavy atom. The number of aliphatic hydroxyl groups excluding tert-OH is 1. The predicted octanol–water partition coefficient (Wildman–Crippen LogP) is 4.63. The number of carbonyl (C=O) groups excluding carboxylic acids is 3. The van der Waals surface area contributed by atoms with Gasteiger partial charge in [0.05, 0.1) is 5.41 Å². The van der Waals surface area contributed by atoms with Crippen LogP contribution in [0, 0.1) is 34.5 Å². The third-order valence-corrected chi connectivity index (χ3v) is 9.84. The Balaban J connectivity index is 1.69. The summed E-state index contributed by atoms with van der Waals surface area (Å²) in [5.74, 6) is -1.92. The van der Waals surface area contributed by atoms with Crippen molar-refractivity contribution in [2.24, 2.45) is 34.5 Å². The molecule has 0 saturated heterocycles. The first-order valence-electron chi connectivity index (χ1n) is 14.4. The smallest absolute Gasteiger partial charge is 0.331 e. The summed E-state index contributed by atoms with van der Waals surface area (Å²) in [6, 6.07) is 0. The minimum Gasteiger partial charge on any atom is -0.461 e. The number of rotatable bonds is 9. The van der Waals surface area contributed by atoms with Crippen LogP contribution >= 0.6 is 0 Å². The molecule has 0 heterocycles. The van der Waals surface area contributed by atoms with Crippen molar-refractivity contribution in [3.05, 3.63) is 47.6 Å². The lowest BCUT2D eigenvalue weighted by Gasteiger charge is -2.48. The molecule has 0 amide bonds. The molecule has 4 aliphatic carbocycles. The molecule has 0 aromatic carbocycles. The highest BCUT2D eigenvalue weighted by Gasteiger charge is 2.76. The van der Waals surface area contributed by atoms with Crippen LogP contribution in [-0.2, 0) is 23.9 Å². The number of esters is 2. The third kappa shape index (κ3) is 4.76. The number of fused-ring (bicyclic) bond motifs is 3. The van der Waals surface area contributed by atoms with E-state index in [1.807, 2.05) is 13.0 Å². The Morgan fingerprint density at radius 3 is 2.59 bits per heavy atom. The average molecular weight is 541 g/mol. The molecule has 8 atom stereocenters. The number of aliphatic hydroxyl groups is 2. The lowest BCUT2D eigenvalue weighted by atomic mass is 9.59. The van der Waals surface area contributed by atoms with Gasteiger partial charge in [0.2, 0.25) is 0 Å². The maximum absolute atomic E-state index is 14.5. The van der Waals surface area contributed by atoms with Crippen LogP contribution in [0.4, 0.5) is 0 Å². The second-order valence-electron chi connectivity index (χ2n) is 12.6. The van der Waals surface area contributed by atoms with Gasteiger partial charge in [-0.25, -0.2) is 4.79 Å². The van der Waals surface area contributed by atoms with Crippen LogP contribution < -0.4 is 0 Å². The van der Waals surface area contributed by atoms with Gasteiger partial charge in [-0.1, -0.05) is 70.9 Å². The number of hydrogen-bond donors (Lipinski definition) is 2. The van der Waals surface area contributed by atoms with E-state index in [4.69, 9.17) is 9.47 Å². The third-order valence-electron chi connectivity index (χ3n) is 9.84. The van der Waals surface area contributed by atoms with Gasteiger partial charge in [0.15, 0.2) is 17.5 Å². The standard InChI is InChI=1S/C32H44O7/c1-7-8-9-10-11-12-13-14-25(34)39-29-19(2)17-31-20(3)15-24-26(30(24,5)6)23(28(31)36)16-22(18-38-21(4)33)27(35)32(29,31)37/h11-14,16-17,20,23-24,26-27,29,35,37H,7-10,15,18H2,1-6H3/b12-11-,14-13+/t20-,23?,24-,26+,27-,29+,31+,32+/m1/s1. The zero-order valence-electron chi connectivity index (χ0n) is 24.1. The minimum absolute atomic E-state index is 0.0519. The topological polar surface area (TPSA) is 110 Å². The fraction of sp³-hybridized carbons (Fsp3) is 0.656. The van der Waals surface area contributed by atoms with Crippen LogP contribution in [0.5, 0.6) is 0 Å². The fourth-order valence-electron chi connectivity index (χ4n) is 7.74. The van der Waals surface area contributed by atoms with Crippen molar-refractivity contribution >= 4 is 17.7 Å². The highest BCUT2D eigenvalue weighted by atomic mass is 16.6. The van der Waals surface area contributed by atoms with Gasteiger partial charge in [-0.05, 0) is 60.5 Å². The number of carbonyl (C=O) groups is 3. The molecule has 1 spiro atoms. The maximum Gasteiger partial charge on any atom is 0.331 e. The molecule has 2 fully saturated rings. The van der Waals surface area contributed by atoms with Gasteiger partial charge in [-0.15, -0.1) is 0 Å². The van der Waals surface area contributed by atoms with E-state index < -0.39 is 41.1 Å². The molecule has 1 unspecified atom stereocenters. The second-order valence-corrected chi connectivity index (χ2v) is 12.6. The predicted molar refractivity (Wildman–Crippen MR) is 147 cm³/mol. The molecule has 7 heteroatoms. The van der Waals surface area contributed by atoms with Crippen LogP contribution in [0.1, 0.15) is 73.6 Å². The van der Waals surface area contributed by atoms with E-state index in [0.29, 0.717) is 12.0 Å². The van der Waals surface area contributed by atoms with Crippen LogP contribution in [-0.4, -0.2) is 52.4 Å². The Hall–Kier alpha value is -2.51. The van der Waals surface area contributed by atoms with Gasteiger partial charge < -0.3 is 19.7 Å². The van der Waals surface area contributed by atoms with E-state index in [1.165, 1.54) is 13.0 Å². The molecule has 0 aliphatic heterocycles. The van der Waals surface area contributed by atoms with E-state index in [9.17, 15) is 24.6 Å². The van der Waals surface area contributed by atoms with Gasteiger partial charge in [-0.3, -0.25) is 9.59 Å². The van der Waals surface area contributed by atoms with E-state index in [0.717, 1.165) is 25.7 Å². The molecule has 7 nitrogen and oxygen atoms in total. The first-order valence-corrected chi connectivity index (χ1v) is 14.4. The van der Waals surface area contributed by atoms with Crippen LogP contribution in [0.3, 0.4) is 0 Å². The van der Waals surface area contributed by atoms with E-state index in [-0.39, 0.29) is 41.1 Å². The van der Waals surface area contributed by atoms with Crippen molar-refractivity contribution < 1.29 is 34.1 Å². The normalized spacial score (nSPS) is 38.4. The number of unbranched alkanes of at least 4 members (excludes halogenated alkanes) is 3. The Bertz CT molecular complexity index is 1130. The first-order chi connectivity index (χ1) is 18.3. The Labute approximate surface area is 232 Å². The molecule has 39 heavy (non-hydrogen) atoms. The molecule has 4 aliphatic rings. The lowest BCUT2D eigenvalue weighted by Crippen LogP contribution is -2.65. The van der Waals surface area contributed by atoms with Crippen LogP contribution in [0.25, 0.3) is 0 Å². The number of allylic oxidation sites excluding steroid dienone is 4. The van der Waals surface area contributed by atoms with Crippen molar-refractivity contribution in [3.63, 3.8) is 0 Å². The molecule has 2 bridgehead atoms. The summed E-state index contributed by atoms with van der Waals surface area (Å²) in [7, 11) is 0. The Kier molecular flexibility index (Phi) is 8.17. The second kappa shape index (κ2) is 10.8. The summed E-state index contributed by atoms with van der Waals surface area (Å²) >= 11 is 0. The summed E-state index contributed by atoms with van der Waals surface area (Å²) in [5, 5.41) is 24.3. The quantitative estimate of drug-likeness (QED) is 0.144. The number of hydrogen-bond acceptors (Lipinski definition) is 7. The first kappa shape index (κ1) is 29.5. The van der Waals surface area contributed by atoms with Gasteiger partial charge >= 0.3 is 11.9 Å². The molecule has 0 aromatic heterocycles. The molecule has 0 aromatic rings. The number of Topliss-reactive ketones (excluding diaryl/α,β-unsaturated/α-hetero) is 1. The zero-order valence-corrected chi connectivity index (χ0v) is 24.1. The van der Waals surface area contributed by atoms with Gasteiger partial charge in [0.1, 0.15) is 12.7 Å². The molecule has 4 rings (SSSR count). The van der Waals surface area contributed by atoms with Crippen molar-refractivity contribution in [1.29, 1.82) is 0 Å². The lowest BCUT2D eigenvalue weighted by molar-refractivity contribution is -0.201. The molecule has 2 N–H and O–H groups in total. The molecular formula is C32H44O7. The highest BCUT2D eigenvalue weighted by molar-refractivity contribution is 5.95. The van der Waals surface area contributed by atoms with E-state index >= 15 is 0 Å². The van der Waals surface area contributed by atoms with Crippen LogP contribution in [0.2, 0.25) is 0 Å². The molecule has 214 valence electrons. The molecular weight excluding hydrogens is 496 g/mol. The summed E-state index contributed by atoms with van der Waals surface area (Å²) in [6.07, 6.45) is 12.3. The summed E-state index contributed by atoms with van der Waals surface area (Å²) < 4.78 is 11.1. The maximum atomic E-state index is 14.5. The fourth-order valence-corrected chi connectivity index (χ4v) is 7.74. The minimum atomic E-state index is -2.14. The van der Waals surface area contributed by atoms with Gasteiger partial charge in [0, 0.05) is 18.9 Å². The number of ether oxygens (including phenoxy) is 2. The zero-order chi connectivity index (χ0) is 28.8. The Morgan fingerprint density at radius 1 is 1.21 bits per heavy atom. The summed E-state index contributed by atoms with van der Waals surface area (Å²) in [4.78, 5) is 39.1. The highest BCUT2D eigenvalue weighted by Crippen LogP contribution is 2.71. The SMILES string of the molecule is CCCCC/C=C\C=C\C(=O)O[C@H]1C(C)=C[C@]23C(=O)C(C=C(COC(C)=O)[C@@H](O)[C@]12O)[C@H]1[C@@H](C[C@H]3C)C1(C)C. The van der Waals surface area contributed by atoms with Crippen molar-refractivity contribution in [2.75, 3.05) is 6.61 Å². The molecule has 0 radical (unpaired) electrons.